The molecule has 0 aliphatic carbocycles. The standard InChI is InChI=1S/C10H15N3O3/c1-5-2-3-7(11)13-9(5)10(16)6(14)4-8(12)15/h2-3,6,10,14,16H,4H2,1H3,(H2,11,13)(H2,12,15). The fourth-order valence-electron chi connectivity index (χ4n) is 1.36. The van der Waals surface area contributed by atoms with E-state index in [0.29, 0.717) is 5.56 Å². The molecule has 0 radical (unpaired) electrons. The first-order valence-electron chi connectivity index (χ1n) is 4.79. The van der Waals surface area contributed by atoms with E-state index in [0.717, 1.165) is 0 Å². The molecular weight excluding hydrogens is 210 g/mol. The number of hydrogen-bond acceptors (Lipinski definition) is 5. The molecule has 2 atom stereocenters. The number of anilines is 1. The first-order valence-corrected chi connectivity index (χ1v) is 4.79. The van der Waals surface area contributed by atoms with Crippen LogP contribution in [0.2, 0.25) is 0 Å². The van der Waals surface area contributed by atoms with E-state index in [1.807, 2.05) is 0 Å². The molecule has 6 heteroatoms. The van der Waals surface area contributed by atoms with Crippen molar-refractivity contribution in [1.29, 1.82) is 0 Å². The summed E-state index contributed by atoms with van der Waals surface area (Å²) in [6.45, 7) is 1.72. The number of nitrogen functional groups attached to an aromatic ring is 1. The summed E-state index contributed by atoms with van der Waals surface area (Å²) < 4.78 is 0. The molecule has 1 aromatic heterocycles. The Kier molecular flexibility index (Phi) is 3.81. The molecule has 0 saturated heterocycles. The highest BCUT2D eigenvalue weighted by Gasteiger charge is 2.23. The predicted octanol–water partition coefficient (Wildman–Crippen LogP) is -0.758. The third-order valence-electron chi connectivity index (χ3n) is 2.21. The van der Waals surface area contributed by atoms with Crippen LogP contribution in [0, 0.1) is 6.92 Å². The van der Waals surface area contributed by atoms with Crippen LogP contribution in [-0.4, -0.2) is 27.2 Å². The van der Waals surface area contributed by atoms with Gasteiger partial charge in [-0.15, -0.1) is 0 Å². The highest BCUT2D eigenvalue weighted by Crippen LogP contribution is 2.21. The number of aryl methyl sites for hydroxylation is 1. The minimum Gasteiger partial charge on any atom is -0.389 e. The Morgan fingerprint density at radius 1 is 1.50 bits per heavy atom. The number of nitrogens with zero attached hydrogens (tertiary/aromatic N) is 1. The van der Waals surface area contributed by atoms with Crippen LogP contribution in [0.25, 0.3) is 0 Å². The van der Waals surface area contributed by atoms with E-state index in [1.165, 1.54) is 0 Å². The van der Waals surface area contributed by atoms with Crippen LogP contribution in [0.4, 0.5) is 5.82 Å². The summed E-state index contributed by atoms with van der Waals surface area (Å²) in [6.07, 6.45) is -2.86. The number of carbonyl (C=O) groups is 1. The first kappa shape index (κ1) is 12.4. The Balaban J connectivity index is 2.90. The van der Waals surface area contributed by atoms with Gasteiger partial charge in [-0.05, 0) is 18.6 Å². The van der Waals surface area contributed by atoms with Crippen LogP contribution in [0.15, 0.2) is 12.1 Å². The zero-order valence-corrected chi connectivity index (χ0v) is 8.92. The highest BCUT2D eigenvalue weighted by molar-refractivity contribution is 5.74. The van der Waals surface area contributed by atoms with Gasteiger partial charge in [-0.3, -0.25) is 4.79 Å². The van der Waals surface area contributed by atoms with Crippen molar-refractivity contribution in [2.24, 2.45) is 5.73 Å². The monoisotopic (exact) mass is 225 g/mol. The minimum absolute atomic E-state index is 0.242. The summed E-state index contributed by atoms with van der Waals surface area (Å²) in [5.41, 5.74) is 11.3. The molecular formula is C10H15N3O3. The number of aliphatic hydroxyl groups is 2. The minimum atomic E-state index is -1.27. The number of aliphatic hydroxyl groups excluding tert-OH is 2. The normalized spacial score (nSPS) is 14.4. The molecule has 0 saturated carbocycles. The van der Waals surface area contributed by atoms with Gasteiger partial charge in [0.1, 0.15) is 11.9 Å². The van der Waals surface area contributed by atoms with Gasteiger partial charge >= 0.3 is 0 Å². The van der Waals surface area contributed by atoms with Crippen molar-refractivity contribution in [3.8, 4) is 0 Å². The molecule has 88 valence electrons. The maximum absolute atomic E-state index is 10.6. The van der Waals surface area contributed by atoms with Crippen molar-refractivity contribution >= 4 is 11.7 Å². The number of hydrogen-bond donors (Lipinski definition) is 4. The fourth-order valence-corrected chi connectivity index (χ4v) is 1.36. The highest BCUT2D eigenvalue weighted by atomic mass is 16.3. The van der Waals surface area contributed by atoms with E-state index >= 15 is 0 Å². The van der Waals surface area contributed by atoms with Gasteiger partial charge in [-0.2, -0.15) is 0 Å². The molecule has 1 heterocycles. The summed E-state index contributed by atoms with van der Waals surface area (Å²) in [5.74, 6) is -0.445. The van der Waals surface area contributed by atoms with Gasteiger partial charge in [0.15, 0.2) is 0 Å². The van der Waals surface area contributed by atoms with Crippen LogP contribution in [0.5, 0.6) is 0 Å². The maximum Gasteiger partial charge on any atom is 0.220 e. The summed E-state index contributed by atoms with van der Waals surface area (Å²) in [7, 11) is 0. The van der Waals surface area contributed by atoms with Crippen molar-refractivity contribution in [2.75, 3.05) is 5.73 Å². The average Bonchev–Trinajstić information content (AvgIpc) is 2.19. The van der Waals surface area contributed by atoms with E-state index in [-0.39, 0.29) is 17.9 Å². The van der Waals surface area contributed by atoms with Gasteiger partial charge in [-0.25, -0.2) is 4.98 Å². The molecule has 1 rings (SSSR count). The average molecular weight is 225 g/mol. The fraction of sp³-hybridized carbons (Fsp3) is 0.400. The number of pyridine rings is 1. The molecule has 0 aliphatic heterocycles. The van der Waals surface area contributed by atoms with Crippen LogP contribution < -0.4 is 11.5 Å². The summed E-state index contributed by atoms with van der Waals surface area (Å²) in [5, 5.41) is 19.3. The SMILES string of the molecule is Cc1ccc(N)nc1C(O)C(O)CC(N)=O. The van der Waals surface area contributed by atoms with Crippen molar-refractivity contribution in [1.82, 2.24) is 4.98 Å². The molecule has 0 aliphatic rings. The summed E-state index contributed by atoms with van der Waals surface area (Å²) >= 11 is 0. The lowest BCUT2D eigenvalue weighted by molar-refractivity contribution is -0.121. The van der Waals surface area contributed by atoms with E-state index in [9.17, 15) is 15.0 Å². The smallest absolute Gasteiger partial charge is 0.220 e. The molecule has 0 fully saturated rings. The van der Waals surface area contributed by atoms with Crippen LogP contribution in [0.3, 0.4) is 0 Å². The molecule has 0 aromatic carbocycles. The number of amides is 1. The lowest BCUT2D eigenvalue weighted by atomic mass is 10.0. The molecule has 0 spiro atoms. The zero-order chi connectivity index (χ0) is 12.3. The second kappa shape index (κ2) is 4.91. The Hall–Kier alpha value is -1.66. The van der Waals surface area contributed by atoms with E-state index in [1.54, 1.807) is 19.1 Å². The quantitative estimate of drug-likeness (QED) is 0.536. The molecule has 2 unspecified atom stereocenters. The predicted molar refractivity (Wildman–Crippen MR) is 58.2 cm³/mol. The Bertz CT molecular complexity index is 395. The Morgan fingerprint density at radius 2 is 2.12 bits per heavy atom. The first-order chi connectivity index (χ1) is 7.41. The number of primary amides is 1. The Morgan fingerprint density at radius 3 is 2.69 bits per heavy atom. The second-order valence-electron chi connectivity index (χ2n) is 3.62. The summed E-state index contributed by atoms with van der Waals surface area (Å²) in [4.78, 5) is 14.5. The van der Waals surface area contributed by atoms with Gasteiger partial charge in [0, 0.05) is 0 Å². The maximum atomic E-state index is 10.6. The van der Waals surface area contributed by atoms with E-state index < -0.39 is 18.1 Å². The van der Waals surface area contributed by atoms with Gasteiger partial charge in [0.2, 0.25) is 5.91 Å². The van der Waals surface area contributed by atoms with Crippen molar-refractivity contribution in [3.05, 3.63) is 23.4 Å². The van der Waals surface area contributed by atoms with Crippen molar-refractivity contribution < 1.29 is 15.0 Å². The zero-order valence-electron chi connectivity index (χ0n) is 8.92. The van der Waals surface area contributed by atoms with Gasteiger partial charge in [0.05, 0.1) is 18.2 Å². The molecule has 16 heavy (non-hydrogen) atoms. The topological polar surface area (TPSA) is 122 Å². The van der Waals surface area contributed by atoms with Crippen LogP contribution >= 0.6 is 0 Å². The largest absolute Gasteiger partial charge is 0.389 e. The molecule has 1 amide bonds. The second-order valence-corrected chi connectivity index (χ2v) is 3.62. The molecule has 1 aromatic rings. The molecule has 6 nitrogen and oxygen atoms in total. The third-order valence-corrected chi connectivity index (χ3v) is 2.21. The van der Waals surface area contributed by atoms with E-state index in [2.05, 4.69) is 4.98 Å². The van der Waals surface area contributed by atoms with Crippen molar-refractivity contribution in [3.63, 3.8) is 0 Å². The number of carbonyl (C=O) groups excluding carboxylic acids is 1. The van der Waals surface area contributed by atoms with Crippen molar-refractivity contribution in [2.45, 2.75) is 25.6 Å². The van der Waals surface area contributed by atoms with Gasteiger partial charge < -0.3 is 21.7 Å². The van der Waals surface area contributed by atoms with E-state index in [4.69, 9.17) is 11.5 Å². The lowest BCUT2D eigenvalue weighted by Gasteiger charge is -2.17. The lowest BCUT2D eigenvalue weighted by Crippen LogP contribution is -2.26. The summed E-state index contributed by atoms with van der Waals surface area (Å²) in [6, 6.07) is 3.27. The molecule has 6 N–H and O–H groups in total. The van der Waals surface area contributed by atoms with Gasteiger partial charge in [-0.1, -0.05) is 6.07 Å². The van der Waals surface area contributed by atoms with Crippen LogP contribution in [0.1, 0.15) is 23.8 Å². The molecule has 0 bridgehead atoms. The Labute approximate surface area is 92.9 Å². The number of aromatic nitrogens is 1. The number of nitrogens with two attached hydrogens (primary N) is 2. The third kappa shape index (κ3) is 2.91. The number of rotatable bonds is 4. The van der Waals surface area contributed by atoms with Gasteiger partial charge in [0.25, 0.3) is 0 Å². The van der Waals surface area contributed by atoms with Crippen LogP contribution in [-0.2, 0) is 4.79 Å².